The third kappa shape index (κ3) is 2.04. The molecular weight excluding hydrogens is 147 g/mol. The number of ether oxygens (including phenoxy) is 1. The second-order valence-electron chi connectivity index (χ2n) is 1.95. The minimum atomic E-state index is -0.581. The zero-order chi connectivity index (χ0) is 8.27. The van der Waals surface area contributed by atoms with Gasteiger partial charge < -0.3 is 4.74 Å². The maximum Gasteiger partial charge on any atom is 0.308 e. The monoisotopic (exact) mass is 153 g/mol. The fourth-order valence-corrected chi connectivity index (χ4v) is 0.633. The number of carbonyl (C=O) groups excluding carboxylic acids is 1. The molecule has 0 saturated heterocycles. The van der Waals surface area contributed by atoms with E-state index in [0.717, 1.165) is 6.07 Å². The van der Waals surface area contributed by atoms with Gasteiger partial charge in [-0.2, -0.15) is 0 Å². The number of esters is 1. The van der Waals surface area contributed by atoms with Crippen LogP contribution in [0.1, 0.15) is 6.92 Å². The molecular formula is C8H6FO2. The molecule has 0 aliphatic carbocycles. The topological polar surface area (TPSA) is 26.3 Å². The van der Waals surface area contributed by atoms with Gasteiger partial charge in [-0.3, -0.25) is 4.79 Å². The molecule has 0 fully saturated rings. The number of benzene rings is 1. The van der Waals surface area contributed by atoms with Crippen LogP contribution in [-0.2, 0) is 4.79 Å². The normalized spacial score (nSPS) is 9.27. The maximum atomic E-state index is 12.6. The Labute approximate surface area is 63.6 Å². The Bertz CT molecular complexity index is 271. The van der Waals surface area contributed by atoms with Crippen molar-refractivity contribution in [3.8, 4) is 5.75 Å². The Kier molecular flexibility index (Phi) is 2.21. The highest BCUT2D eigenvalue weighted by Gasteiger charge is 2.02. The SMILES string of the molecule is CC(=O)Oc1cc[c]cc1F. The molecule has 1 aromatic carbocycles. The number of carbonyl (C=O) groups is 1. The van der Waals surface area contributed by atoms with E-state index in [2.05, 4.69) is 10.8 Å². The van der Waals surface area contributed by atoms with Gasteiger partial charge in [0.15, 0.2) is 11.6 Å². The summed E-state index contributed by atoms with van der Waals surface area (Å²) in [6, 6.07) is 6.43. The molecule has 0 atom stereocenters. The van der Waals surface area contributed by atoms with Crippen LogP contribution in [0.5, 0.6) is 5.75 Å². The highest BCUT2D eigenvalue weighted by Crippen LogP contribution is 2.14. The van der Waals surface area contributed by atoms with E-state index >= 15 is 0 Å². The van der Waals surface area contributed by atoms with Gasteiger partial charge in [-0.05, 0) is 18.2 Å². The highest BCUT2D eigenvalue weighted by molar-refractivity contribution is 5.69. The quantitative estimate of drug-likeness (QED) is 0.452. The van der Waals surface area contributed by atoms with Gasteiger partial charge in [-0.25, -0.2) is 4.39 Å². The first-order valence-corrected chi connectivity index (χ1v) is 3.04. The van der Waals surface area contributed by atoms with Crippen molar-refractivity contribution in [1.82, 2.24) is 0 Å². The smallest absolute Gasteiger partial charge is 0.308 e. The van der Waals surface area contributed by atoms with E-state index in [4.69, 9.17) is 0 Å². The van der Waals surface area contributed by atoms with Crippen LogP contribution < -0.4 is 4.74 Å². The lowest BCUT2D eigenvalue weighted by molar-refractivity contribution is -0.132. The van der Waals surface area contributed by atoms with E-state index in [0.29, 0.717) is 0 Å². The highest BCUT2D eigenvalue weighted by atomic mass is 19.1. The zero-order valence-electron chi connectivity index (χ0n) is 5.93. The number of hydrogen-bond donors (Lipinski definition) is 0. The Balaban J connectivity index is 2.86. The van der Waals surface area contributed by atoms with Crippen molar-refractivity contribution in [2.75, 3.05) is 0 Å². The van der Waals surface area contributed by atoms with Crippen LogP contribution in [0, 0.1) is 11.9 Å². The van der Waals surface area contributed by atoms with Gasteiger partial charge in [-0.1, -0.05) is 6.07 Å². The summed E-state index contributed by atoms with van der Waals surface area (Å²) in [5.41, 5.74) is 0. The lowest BCUT2D eigenvalue weighted by Gasteiger charge is -1.99. The van der Waals surface area contributed by atoms with Crippen LogP contribution in [0.3, 0.4) is 0 Å². The molecule has 0 aromatic heterocycles. The molecule has 1 rings (SSSR count). The number of rotatable bonds is 1. The van der Waals surface area contributed by atoms with Gasteiger partial charge in [-0.15, -0.1) is 0 Å². The molecule has 0 aliphatic rings. The van der Waals surface area contributed by atoms with Gasteiger partial charge in [0.05, 0.1) is 0 Å². The predicted molar refractivity (Wildman–Crippen MR) is 36.5 cm³/mol. The van der Waals surface area contributed by atoms with E-state index in [1.165, 1.54) is 19.1 Å². The minimum absolute atomic E-state index is 0.0590. The van der Waals surface area contributed by atoms with Crippen molar-refractivity contribution in [3.63, 3.8) is 0 Å². The molecule has 57 valence electrons. The molecule has 0 saturated carbocycles. The van der Waals surface area contributed by atoms with Gasteiger partial charge in [0, 0.05) is 6.92 Å². The minimum Gasteiger partial charge on any atom is -0.424 e. The largest absolute Gasteiger partial charge is 0.424 e. The Hall–Kier alpha value is -1.38. The molecule has 3 heteroatoms. The maximum absolute atomic E-state index is 12.6. The average Bonchev–Trinajstić information content (AvgIpc) is 1.93. The molecule has 11 heavy (non-hydrogen) atoms. The van der Waals surface area contributed by atoms with Crippen molar-refractivity contribution in [1.29, 1.82) is 0 Å². The van der Waals surface area contributed by atoms with Gasteiger partial charge in [0.1, 0.15) is 0 Å². The van der Waals surface area contributed by atoms with Crippen molar-refractivity contribution >= 4 is 5.97 Å². The molecule has 0 N–H and O–H groups in total. The second kappa shape index (κ2) is 3.14. The molecule has 0 amide bonds. The molecule has 0 unspecified atom stereocenters. The lowest BCUT2D eigenvalue weighted by Crippen LogP contribution is -2.02. The summed E-state index contributed by atoms with van der Waals surface area (Å²) in [5.74, 6) is -1.17. The van der Waals surface area contributed by atoms with E-state index < -0.39 is 11.8 Å². The van der Waals surface area contributed by atoms with Gasteiger partial charge in [0.2, 0.25) is 0 Å². The van der Waals surface area contributed by atoms with Crippen molar-refractivity contribution in [2.45, 2.75) is 6.92 Å². The fourth-order valence-electron chi connectivity index (χ4n) is 0.633. The first kappa shape index (κ1) is 7.72. The summed E-state index contributed by atoms with van der Waals surface area (Å²) >= 11 is 0. The van der Waals surface area contributed by atoms with Crippen LogP contribution in [0.15, 0.2) is 18.2 Å². The van der Waals surface area contributed by atoms with Crippen molar-refractivity contribution in [2.24, 2.45) is 0 Å². The van der Waals surface area contributed by atoms with E-state index in [1.54, 1.807) is 0 Å². The van der Waals surface area contributed by atoms with Gasteiger partial charge in [0.25, 0.3) is 0 Å². The van der Waals surface area contributed by atoms with E-state index in [1.807, 2.05) is 0 Å². The second-order valence-corrected chi connectivity index (χ2v) is 1.95. The third-order valence-electron chi connectivity index (χ3n) is 1.03. The number of hydrogen-bond acceptors (Lipinski definition) is 2. The lowest BCUT2D eigenvalue weighted by atomic mass is 10.3. The van der Waals surface area contributed by atoms with E-state index in [9.17, 15) is 9.18 Å². The summed E-state index contributed by atoms with van der Waals surface area (Å²) in [5, 5.41) is 0. The van der Waals surface area contributed by atoms with Gasteiger partial charge >= 0.3 is 5.97 Å². The van der Waals surface area contributed by atoms with Crippen LogP contribution in [0.2, 0.25) is 0 Å². The Morgan fingerprint density at radius 1 is 1.73 bits per heavy atom. The van der Waals surface area contributed by atoms with Crippen molar-refractivity contribution < 1.29 is 13.9 Å². The van der Waals surface area contributed by atoms with E-state index in [-0.39, 0.29) is 5.75 Å². The molecule has 0 spiro atoms. The molecule has 0 aliphatic heterocycles. The predicted octanol–water partition coefficient (Wildman–Crippen LogP) is 1.55. The van der Waals surface area contributed by atoms with Crippen LogP contribution in [-0.4, -0.2) is 5.97 Å². The number of halogens is 1. The molecule has 1 radical (unpaired) electrons. The first-order valence-electron chi connectivity index (χ1n) is 3.04. The van der Waals surface area contributed by atoms with Crippen LogP contribution in [0.25, 0.3) is 0 Å². The molecule has 0 heterocycles. The van der Waals surface area contributed by atoms with Crippen molar-refractivity contribution in [3.05, 3.63) is 30.1 Å². The molecule has 2 nitrogen and oxygen atoms in total. The summed E-state index contributed by atoms with van der Waals surface area (Å²) < 4.78 is 17.2. The Morgan fingerprint density at radius 2 is 2.45 bits per heavy atom. The van der Waals surface area contributed by atoms with Crippen LogP contribution >= 0.6 is 0 Å². The van der Waals surface area contributed by atoms with Crippen LogP contribution in [0.4, 0.5) is 4.39 Å². The standard InChI is InChI=1S/C8H6FO2/c1-6(10)11-8-5-3-2-4-7(8)9/h3-5H,1H3. The molecule has 1 aromatic rings. The first-order chi connectivity index (χ1) is 5.20. The third-order valence-corrected chi connectivity index (χ3v) is 1.03. The summed E-state index contributed by atoms with van der Waals surface area (Å²) in [6.45, 7) is 1.22. The summed E-state index contributed by atoms with van der Waals surface area (Å²) in [7, 11) is 0. The Morgan fingerprint density at radius 3 is 3.00 bits per heavy atom. The fraction of sp³-hybridized carbons (Fsp3) is 0.125. The summed E-state index contributed by atoms with van der Waals surface area (Å²) in [6.07, 6.45) is 0. The molecule has 0 bridgehead atoms. The average molecular weight is 153 g/mol. The zero-order valence-corrected chi connectivity index (χ0v) is 5.93. The summed E-state index contributed by atoms with van der Waals surface area (Å²) in [4.78, 5) is 10.4.